The maximum atomic E-state index is 14.5. The van der Waals surface area contributed by atoms with Crippen LogP contribution in [0.15, 0.2) is 47.4 Å². The van der Waals surface area contributed by atoms with Crippen molar-refractivity contribution in [1.29, 1.82) is 0 Å². The molecule has 3 aromatic rings. The summed E-state index contributed by atoms with van der Waals surface area (Å²) in [6.07, 6.45) is 10.1. The first-order valence-corrected chi connectivity index (χ1v) is 19.4. The maximum absolute atomic E-state index is 14.5. The summed E-state index contributed by atoms with van der Waals surface area (Å²) in [5.74, 6) is -1.50. The Labute approximate surface area is 308 Å². The van der Waals surface area contributed by atoms with Gasteiger partial charge in [-0.2, -0.15) is 5.10 Å². The van der Waals surface area contributed by atoms with Gasteiger partial charge in [-0.05, 0) is 63.6 Å². The Morgan fingerprint density at radius 2 is 1.89 bits per heavy atom. The molecule has 3 fully saturated rings. The molecule has 2 aromatic heterocycles. The van der Waals surface area contributed by atoms with E-state index in [-0.39, 0.29) is 35.6 Å². The van der Waals surface area contributed by atoms with Crippen LogP contribution in [-0.4, -0.2) is 90.1 Å². The molecule has 4 heterocycles. The largest absolute Gasteiger partial charge is 0.496 e. The van der Waals surface area contributed by atoms with Crippen molar-refractivity contribution in [3.8, 4) is 11.5 Å². The van der Waals surface area contributed by atoms with Gasteiger partial charge in [-0.3, -0.25) is 33.4 Å². The maximum Gasteiger partial charge on any atom is 0.272 e. The van der Waals surface area contributed by atoms with Gasteiger partial charge in [0.25, 0.3) is 17.4 Å². The van der Waals surface area contributed by atoms with Crippen LogP contribution in [0.1, 0.15) is 73.8 Å². The number of aromatic nitrogens is 3. The number of aromatic amines is 1. The number of amides is 4. The predicted octanol–water partition coefficient (Wildman–Crippen LogP) is 2.06. The van der Waals surface area contributed by atoms with Crippen molar-refractivity contribution in [2.45, 2.75) is 93.7 Å². The molecule has 6 unspecified atom stereocenters. The molecule has 15 nitrogen and oxygen atoms in total. The molecule has 282 valence electrons. The monoisotopic (exact) mass is 747 g/mol. The van der Waals surface area contributed by atoms with Crippen molar-refractivity contribution in [3.63, 3.8) is 0 Å². The summed E-state index contributed by atoms with van der Waals surface area (Å²) in [5.41, 5.74) is -0.310. The molecule has 7 rings (SSSR count). The fourth-order valence-electron chi connectivity index (χ4n) is 7.39. The van der Waals surface area contributed by atoms with Crippen LogP contribution in [0.5, 0.6) is 11.5 Å². The third-order valence-corrected chi connectivity index (χ3v) is 12.1. The average molecular weight is 748 g/mol. The summed E-state index contributed by atoms with van der Waals surface area (Å²) in [4.78, 5) is 73.0. The Hall–Kier alpha value is -4.99. The zero-order valence-corrected chi connectivity index (χ0v) is 30.8. The van der Waals surface area contributed by atoms with Crippen LogP contribution in [0.2, 0.25) is 0 Å². The number of methoxy groups -OCH3 is 1. The summed E-state index contributed by atoms with van der Waals surface area (Å²) >= 11 is 0. The molecular weight excluding hydrogens is 703 g/mol. The lowest BCUT2D eigenvalue weighted by molar-refractivity contribution is -0.141. The van der Waals surface area contributed by atoms with Crippen molar-refractivity contribution in [2.75, 3.05) is 13.7 Å². The van der Waals surface area contributed by atoms with Crippen molar-refractivity contribution < 1.29 is 32.9 Å². The smallest absolute Gasteiger partial charge is 0.272 e. The van der Waals surface area contributed by atoms with E-state index in [4.69, 9.17) is 9.47 Å². The third kappa shape index (κ3) is 7.59. The number of rotatable bonds is 8. The molecule has 2 aliphatic carbocycles. The Balaban J connectivity index is 1.21. The first-order chi connectivity index (χ1) is 25.5. The number of ether oxygens (including phenoxy) is 2. The molecule has 1 saturated heterocycles. The molecular formula is C37H45N7O8S. The minimum absolute atomic E-state index is 0.0233. The number of hydrogen-bond donors (Lipinski definition) is 4. The van der Waals surface area contributed by atoms with Gasteiger partial charge in [-0.15, -0.1) is 0 Å². The Bertz CT molecular complexity index is 2060. The van der Waals surface area contributed by atoms with Gasteiger partial charge in [-0.25, -0.2) is 4.21 Å². The summed E-state index contributed by atoms with van der Waals surface area (Å²) in [7, 11) is 1.67. The lowest BCUT2D eigenvalue weighted by Gasteiger charge is -2.29. The normalized spacial score (nSPS) is 26.7. The number of carbonyl (C=O) groups excluding carboxylic acids is 4. The lowest BCUT2D eigenvalue weighted by atomic mass is 10.0. The zero-order chi connectivity index (χ0) is 37.4. The van der Waals surface area contributed by atoms with E-state index in [0.29, 0.717) is 41.5 Å². The van der Waals surface area contributed by atoms with E-state index in [1.54, 1.807) is 38.6 Å². The summed E-state index contributed by atoms with van der Waals surface area (Å²) < 4.78 is 28.8. The number of aryl methyl sites for hydroxylation is 2. The summed E-state index contributed by atoms with van der Waals surface area (Å²) in [6, 6.07) is 4.39. The first kappa shape index (κ1) is 36.4. The third-order valence-electron chi connectivity index (χ3n) is 10.6. The molecule has 0 radical (unpaired) electrons. The van der Waals surface area contributed by atoms with Crippen molar-refractivity contribution in [1.82, 2.24) is 35.0 Å². The van der Waals surface area contributed by atoms with E-state index in [1.807, 2.05) is 19.1 Å². The number of hydrogen-bond acceptors (Lipinski definition) is 9. The van der Waals surface area contributed by atoms with Crippen molar-refractivity contribution in [2.24, 2.45) is 13.0 Å². The van der Waals surface area contributed by atoms with Gasteiger partial charge in [0, 0.05) is 42.6 Å². The van der Waals surface area contributed by atoms with Crippen LogP contribution in [-0.2, 0) is 32.4 Å². The number of carbonyl (C=O) groups is 4. The van der Waals surface area contributed by atoms with E-state index in [9.17, 15) is 28.2 Å². The molecule has 0 bridgehead atoms. The van der Waals surface area contributed by atoms with E-state index in [0.717, 1.165) is 32.1 Å². The zero-order valence-electron chi connectivity index (χ0n) is 30.0. The van der Waals surface area contributed by atoms with Gasteiger partial charge in [0.15, 0.2) is 0 Å². The highest BCUT2D eigenvalue weighted by molar-refractivity contribution is 7.84. The fourth-order valence-corrected chi connectivity index (χ4v) is 8.49. The van der Waals surface area contributed by atoms with Crippen LogP contribution in [0.3, 0.4) is 0 Å². The van der Waals surface area contributed by atoms with Gasteiger partial charge < -0.3 is 30.0 Å². The van der Waals surface area contributed by atoms with E-state index in [1.165, 1.54) is 15.6 Å². The second-order valence-electron chi connectivity index (χ2n) is 14.5. The van der Waals surface area contributed by atoms with Crippen LogP contribution in [0.25, 0.3) is 10.9 Å². The highest BCUT2D eigenvalue weighted by Gasteiger charge is 2.61. The highest BCUT2D eigenvalue weighted by atomic mass is 32.2. The predicted molar refractivity (Wildman–Crippen MR) is 195 cm³/mol. The molecule has 4 aliphatic rings. The van der Waals surface area contributed by atoms with Gasteiger partial charge >= 0.3 is 0 Å². The van der Waals surface area contributed by atoms with Crippen molar-refractivity contribution >= 4 is 45.5 Å². The Morgan fingerprint density at radius 3 is 2.62 bits per heavy atom. The van der Waals surface area contributed by atoms with Gasteiger partial charge in [0.05, 0.1) is 24.4 Å². The van der Waals surface area contributed by atoms with Crippen LogP contribution < -0.4 is 30.4 Å². The standard InChI is InChI=1S/C37H45N7O8S/c1-21-29(51-3)14-13-25-30(18-31(45)39-32(21)25)52-23-17-28-34(47)40-37(36(49)42-53(50)24-11-12-24)19-22(37)9-7-5-4-6-8-10-27(35(48)44(28)20-23)38-33(46)26-15-16-43(2)41-26/h7,9,13-16,18,22-24,27-28H,4-6,8,10-12,17,19-20H2,1-3H3,(H,38,46)(H,39,45)(H,40,47)(H,42,49). The minimum Gasteiger partial charge on any atom is -0.496 e. The highest BCUT2D eigenvalue weighted by Crippen LogP contribution is 2.46. The number of fused-ring (bicyclic) bond motifs is 3. The Morgan fingerprint density at radius 1 is 1.08 bits per heavy atom. The second kappa shape index (κ2) is 14.8. The summed E-state index contributed by atoms with van der Waals surface area (Å²) in [6.45, 7) is 1.80. The summed E-state index contributed by atoms with van der Waals surface area (Å²) in [5, 5.41) is 10.5. The molecule has 4 N–H and O–H groups in total. The van der Waals surface area contributed by atoms with E-state index >= 15 is 0 Å². The molecule has 2 saturated carbocycles. The van der Waals surface area contributed by atoms with Gasteiger partial charge in [0.1, 0.15) is 51.9 Å². The second-order valence-corrected chi connectivity index (χ2v) is 15.9. The number of H-pyrrole nitrogens is 1. The van der Waals surface area contributed by atoms with Gasteiger partial charge in [0.2, 0.25) is 11.8 Å². The van der Waals surface area contributed by atoms with E-state index < -0.39 is 63.9 Å². The number of nitrogens with one attached hydrogen (secondary N) is 4. The van der Waals surface area contributed by atoms with Crippen molar-refractivity contribution in [3.05, 3.63) is 64.2 Å². The van der Waals surface area contributed by atoms with Gasteiger partial charge in [-0.1, -0.05) is 25.0 Å². The molecule has 16 heteroatoms. The fraction of sp³-hybridized carbons (Fsp3) is 0.514. The average Bonchev–Trinajstić information content (AvgIpc) is 4.01. The molecule has 6 atom stereocenters. The molecule has 1 aromatic carbocycles. The first-order valence-electron chi connectivity index (χ1n) is 18.2. The molecule has 53 heavy (non-hydrogen) atoms. The number of pyridine rings is 1. The van der Waals surface area contributed by atoms with E-state index in [2.05, 4.69) is 25.4 Å². The Kier molecular flexibility index (Phi) is 10.2. The molecule has 2 aliphatic heterocycles. The van der Waals surface area contributed by atoms with Crippen LogP contribution in [0, 0.1) is 12.8 Å². The van der Waals surface area contributed by atoms with Crippen LogP contribution >= 0.6 is 0 Å². The SMILES string of the molecule is COc1ccc2c(OC3CC4C(=O)NC5(C(=O)NS(=O)C6CC6)CC5C=CCCCCCC(NC(=O)c5ccn(C)n5)C(=O)N4C3)cc(=O)[nH]c2c1C. The van der Waals surface area contributed by atoms with Crippen LogP contribution in [0.4, 0.5) is 0 Å². The number of nitrogens with zero attached hydrogens (tertiary/aromatic N) is 3. The number of allylic oxidation sites excluding steroid dienone is 1. The quantitative estimate of drug-likeness (QED) is 0.250. The number of benzene rings is 1. The topological polar surface area (TPSA) is 194 Å². The molecule has 4 amide bonds. The molecule has 0 spiro atoms. The lowest BCUT2D eigenvalue weighted by Crippen LogP contribution is -2.58. The minimum atomic E-state index is -1.56.